The van der Waals surface area contributed by atoms with E-state index >= 15 is 0 Å². The van der Waals surface area contributed by atoms with E-state index < -0.39 is 0 Å². The van der Waals surface area contributed by atoms with E-state index in [9.17, 15) is 4.79 Å². The quantitative estimate of drug-likeness (QED) is 0.772. The molecule has 0 aromatic heterocycles. The average Bonchev–Trinajstić information content (AvgIpc) is 2.62. The van der Waals surface area contributed by atoms with Crippen molar-refractivity contribution < 1.29 is 4.79 Å². The zero-order valence-electron chi connectivity index (χ0n) is 14.1. The third-order valence-electron chi connectivity index (χ3n) is 4.56. The van der Waals surface area contributed by atoms with E-state index in [0.717, 1.165) is 24.6 Å². The molecule has 134 valence electrons. The number of amides is 1. The van der Waals surface area contributed by atoms with Crippen molar-refractivity contribution in [1.82, 2.24) is 5.32 Å². The standard InChI is InChI=1S/C20H23ClN2O.ClH/c21-18-9-7-17(8-10-18)20(24)23-19-11-5-15(6-12-19)3-4-16-2-1-13-22-14-16;/h5-12,16,22H,1-4,13-14H2,(H,23,24);1H. The molecule has 5 heteroatoms. The van der Waals surface area contributed by atoms with Crippen molar-refractivity contribution in [3.63, 3.8) is 0 Å². The minimum absolute atomic E-state index is 0. The number of piperidine rings is 1. The molecular formula is C20H24Cl2N2O. The van der Waals surface area contributed by atoms with Gasteiger partial charge >= 0.3 is 0 Å². The van der Waals surface area contributed by atoms with Gasteiger partial charge in [-0.3, -0.25) is 4.79 Å². The van der Waals surface area contributed by atoms with Crippen LogP contribution in [0.2, 0.25) is 5.02 Å². The molecule has 3 nitrogen and oxygen atoms in total. The summed E-state index contributed by atoms with van der Waals surface area (Å²) in [6.45, 7) is 2.31. The number of aryl methyl sites for hydroxylation is 1. The van der Waals surface area contributed by atoms with E-state index in [1.807, 2.05) is 12.1 Å². The zero-order chi connectivity index (χ0) is 16.8. The van der Waals surface area contributed by atoms with Crippen LogP contribution in [0.1, 0.15) is 35.2 Å². The molecule has 25 heavy (non-hydrogen) atoms. The van der Waals surface area contributed by atoms with Gasteiger partial charge in [-0.2, -0.15) is 0 Å². The van der Waals surface area contributed by atoms with Gasteiger partial charge in [0.15, 0.2) is 0 Å². The summed E-state index contributed by atoms with van der Waals surface area (Å²) in [5.41, 5.74) is 2.75. The summed E-state index contributed by atoms with van der Waals surface area (Å²) in [6, 6.07) is 15.1. The van der Waals surface area contributed by atoms with Crippen LogP contribution in [0.5, 0.6) is 0 Å². The summed E-state index contributed by atoms with van der Waals surface area (Å²) in [7, 11) is 0. The van der Waals surface area contributed by atoms with Crippen molar-refractivity contribution in [2.75, 3.05) is 18.4 Å². The molecule has 1 saturated heterocycles. The summed E-state index contributed by atoms with van der Waals surface area (Å²) in [6.07, 6.45) is 4.95. The minimum Gasteiger partial charge on any atom is -0.322 e. The number of hydrogen-bond donors (Lipinski definition) is 2. The van der Waals surface area contributed by atoms with Crippen LogP contribution in [0, 0.1) is 5.92 Å². The number of anilines is 1. The van der Waals surface area contributed by atoms with E-state index in [2.05, 4.69) is 22.8 Å². The highest BCUT2D eigenvalue weighted by Crippen LogP contribution is 2.19. The molecule has 0 saturated carbocycles. The highest BCUT2D eigenvalue weighted by atomic mass is 35.5. The Labute approximate surface area is 160 Å². The average molecular weight is 379 g/mol. The zero-order valence-corrected chi connectivity index (χ0v) is 15.7. The summed E-state index contributed by atoms with van der Waals surface area (Å²) in [5, 5.41) is 7.01. The molecule has 1 amide bonds. The van der Waals surface area contributed by atoms with Crippen molar-refractivity contribution in [2.24, 2.45) is 5.92 Å². The van der Waals surface area contributed by atoms with Gasteiger partial charge in [0.05, 0.1) is 0 Å². The van der Waals surface area contributed by atoms with Crippen LogP contribution >= 0.6 is 24.0 Å². The molecule has 1 aliphatic rings. The number of carbonyl (C=O) groups is 1. The van der Waals surface area contributed by atoms with Crippen molar-refractivity contribution in [2.45, 2.75) is 25.7 Å². The monoisotopic (exact) mass is 378 g/mol. The van der Waals surface area contributed by atoms with E-state index in [1.165, 1.54) is 31.4 Å². The lowest BCUT2D eigenvalue weighted by atomic mass is 9.93. The van der Waals surface area contributed by atoms with Gasteiger partial charge in [0.25, 0.3) is 5.91 Å². The molecule has 2 N–H and O–H groups in total. The van der Waals surface area contributed by atoms with E-state index in [-0.39, 0.29) is 18.3 Å². The number of halogens is 2. The van der Waals surface area contributed by atoms with Crippen molar-refractivity contribution in [3.8, 4) is 0 Å². The van der Waals surface area contributed by atoms with E-state index in [1.54, 1.807) is 24.3 Å². The first kappa shape index (κ1) is 19.8. The maximum atomic E-state index is 12.2. The third-order valence-corrected chi connectivity index (χ3v) is 4.81. The van der Waals surface area contributed by atoms with Crippen LogP contribution in [0.15, 0.2) is 48.5 Å². The van der Waals surface area contributed by atoms with Crippen LogP contribution in [0.3, 0.4) is 0 Å². The summed E-state index contributed by atoms with van der Waals surface area (Å²) in [5.74, 6) is 0.677. The van der Waals surface area contributed by atoms with E-state index in [4.69, 9.17) is 11.6 Å². The van der Waals surface area contributed by atoms with Gasteiger partial charge in [-0.15, -0.1) is 12.4 Å². The highest BCUT2D eigenvalue weighted by Gasteiger charge is 2.12. The van der Waals surface area contributed by atoms with Gasteiger partial charge < -0.3 is 10.6 Å². The molecule has 0 radical (unpaired) electrons. The lowest BCUT2D eigenvalue weighted by molar-refractivity contribution is 0.102. The molecule has 0 spiro atoms. The molecule has 1 fully saturated rings. The first-order chi connectivity index (χ1) is 11.7. The Balaban J connectivity index is 0.00000225. The van der Waals surface area contributed by atoms with Crippen LogP contribution in [-0.4, -0.2) is 19.0 Å². The number of carbonyl (C=O) groups excluding carboxylic acids is 1. The Hall–Kier alpha value is -1.55. The smallest absolute Gasteiger partial charge is 0.255 e. The first-order valence-electron chi connectivity index (χ1n) is 8.57. The molecule has 0 aliphatic carbocycles. The second kappa shape index (κ2) is 9.81. The van der Waals surface area contributed by atoms with Crippen molar-refractivity contribution >= 4 is 35.6 Å². The maximum absolute atomic E-state index is 12.2. The van der Waals surface area contributed by atoms with E-state index in [0.29, 0.717) is 10.6 Å². The van der Waals surface area contributed by atoms with Gasteiger partial charge in [0.1, 0.15) is 0 Å². The third kappa shape index (κ3) is 6.03. The Kier molecular flexibility index (Phi) is 7.76. The second-order valence-electron chi connectivity index (χ2n) is 6.41. The van der Waals surface area contributed by atoms with Gasteiger partial charge in [0.2, 0.25) is 0 Å². The maximum Gasteiger partial charge on any atom is 0.255 e. The molecule has 2 aromatic rings. The Morgan fingerprint density at radius 3 is 2.48 bits per heavy atom. The SMILES string of the molecule is Cl.O=C(Nc1ccc(CCC2CCCNC2)cc1)c1ccc(Cl)cc1. The predicted octanol–water partition coefficient (Wildman–Crippen LogP) is 4.95. The number of benzene rings is 2. The van der Waals surface area contributed by atoms with Crippen LogP contribution < -0.4 is 10.6 Å². The normalized spacial score (nSPS) is 16.8. The number of rotatable bonds is 5. The van der Waals surface area contributed by atoms with Crippen molar-refractivity contribution in [1.29, 1.82) is 0 Å². The largest absolute Gasteiger partial charge is 0.322 e. The molecule has 2 aromatic carbocycles. The van der Waals surface area contributed by atoms with Gasteiger partial charge in [-0.25, -0.2) is 0 Å². The summed E-state index contributed by atoms with van der Waals surface area (Å²) in [4.78, 5) is 12.2. The molecule has 3 rings (SSSR count). The molecule has 1 atom stereocenters. The molecule has 1 aliphatic heterocycles. The topological polar surface area (TPSA) is 41.1 Å². The lowest BCUT2D eigenvalue weighted by Gasteiger charge is -2.22. The lowest BCUT2D eigenvalue weighted by Crippen LogP contribution is -2.29. The number of nitrogens with one attached hydrogen (secondary N) is 2. The summed E-state index contributed by atoms with van der Waals surface area (Å²) < 4.78 is 0. The Bertz CT molecular complexity index is 665. The fraction of sp³-hybridized carbons (Fsp3) is 0.350. The highest BCUT2D eigenvalue weighted by molar-refractivity contribution is 6.30. The Morgan fingerprint density at radius 1 is 1.12 bits per heavy atom. The molecular weight excluding hydrogens is 355 g/mol. The predicted molar refractivity (Wildman–Crippen MR) is 107 cm³/mol. The Morgan fingerprint density at radius 2 is 1.84 bits per heavy atom. The second-order valence-corrected chi connectivity index (χ2v) is 6.85. The molecule has 1 unspecified atom stereocenters. The van der Waals surface area contributed by atoms with Crippen LogP contribution in [0.25, 0.3) is 0 Å². The minimum atomic E-state index is -0.118. The fourth-order valence-electron chi connectivity index (χ4n) is 3.10. The van der Waals surface area contributed by atoms with Gasteiger partial charge in [-0.05, 0) is 86.7 Å². The van der Waals surface area contributed by atoms with Crippen LogP contribution in [0.4, 0.5) is 5.69 Å². The molecule has 0 bridgehead atoms. The van der Waals surface area contributed by atoms with Crippen molar-refractivity contribution in [3.05, 3.63) is 64.7 Å². The first-order valence-corrected chi connectivity index (χ1v) is 8.95. The molecule has 1 heterocycles. The van der Waals surface area contributed by atoms with Gasteiger partial charge in [0, 0.05) is 16.3 Å². The fourth-order valence-corrected chi connectivity index (χ4v) is 3.23. The summed E-state index contributed by atoms with van der Waals surface area (Å²) >= 11 is 5.84. The number of hydrogen-bond acceptors (Lipinski definition) is 2. The van der Waals surface area contributed by atoms with Gasteiger partial charge in [-0.1, -0.05) is 23.7 Å². The van der Waals surface area contributed by atoms with Crippen LogP contribution in [-0.2, 0) is 6.42 Å².